The predicted octanol–water partition coefficient (Wildman–Crippen LogP) is 6.67. The average molecular weight is 343 g/mol. The van der Waals surface area contributed by atoms with Crippen LogP contribution < -0.4 is 4.74 Å². The Morgan fingerprint density at radius 3 is 2.36 bits per heavy atom. The number of unbranched alkanes of at least 4 members (excludes halogenated alkanes) is 1. The molecule has 3 heteroatoms. The topological polar surface area (TPSA) is 9.23 Å². The van der Waals surface area contributed by atoms with E-state index in [2.05, 4.69) is 6.42 Å². The van der Waals surface area contributed by atoms with E-state index in [-0.39, 0.29) is 11.3 Å². The lowest BCUT2D eigenvalue weighted by Crippen LogP contribution is -2.04. The fourth-order valence-electron chi connectivity index (χ4n) is 3.39. The van der Waals surface area contributed by atoms with Gasteiger partial charge in [0.15, 0.2) is 11.6 Å². The van der Waals surface area contributed by atoms with E-state index in [1.165, 1.54) is 24.5 Å². The highest BCUT2D eigenvalue weighted by Gasteiger charge is 2.18. The van der Waals surface area contributed by atoms with Crippen LogP contribution in [0.1, 0.15) is 56.9 Å². The molecule has 1 aliphatic carbocycles. The van der Waals surface area contributed by atoms with Gasteiger partial charge in [0.2, 0.25) is 5.82 Å². The zero-order valence-corrected chi connectivity index (χ0v) is 14.7. The van der Waals surface area contributed by atoms with Gasteiger partial charge in [-0.05, 0) is 67.7 Å². The van der Waals surface area contributed by atoms with Crippen LogP contribution in [0.3, 0.4) is 0 Å². The monoisotopic (exact) mass is 343 g/mol. The minimum atomic E-state index is -0.902. The summed E-state index contributed by atoms with van der Waals surface area (Å²) in [5.74, 6) is -1.17. The summed E-state index contributed by atoms with van der Waals surface area (Å²) in [5.41, 5.74) is 2.27. The quantitative estimate of drug-likeness (QED) is 0.532. The fourth-order valence-corrected chi connectivity index (χ4v) is 3.39. The Morgan fingerprint density at radius 1 is 0.960 bits per heavy atom. The molecule has 0 aromatic heterocycles. The van der Waals surface area contributed by atoms with Crippen molar-refractivity contribution >= 4 is 0 Å². The van der Waals surface area contributed by atoms with Gasteiger partial charge in [0.25, 0.3) is 0 Å². The van der Waals surface area contributed by atoms with Gasteiger partial charge in [0.05, 0.1) is 6.61 Å². The van der Waals surface area contributed by atoms with E-state index >= 15 is 0 Å². The summed E-state index contributed by atoms with van der Waals surface area (Å²) in [4.78, 5) is 0. The molecule has 1 fully saturated rings. The van der Waals surface area contributed by atoms with Crippen molar-refractivity contribution in [3.05, 3.63) is 60.0 Å². The van der Waals surface area contributed by atoms with Gasteiger partial charge in [-0.25, -0.2) is 4.39 Å². The Hall–Kier alpha value is -1.90. The molecule has 0 atom stereocenters. The molecule has 133 valence electrons. The predicted molar refractivity (Wildman–Crippen MR) is 97.7 cm³/mol. The lowest BCUT2D eigenvalue weighted by atomic mass is 9.83. The van der Waals surface area contributed by atoms with Gasteiger partial charge < -0.3 is 4.74 Å². The van der Waals surface area contributed by atoms with Gasteiger partial charge >= 0.3 is 0 Å². The Labute approximate surface area is 149 Å². The molecular formula is C22H25F2O. The second kappa shape index (κ2) is 8.46. The Balaban J connectivity index is 1.78. The molecule has 1 aliphatic rings. The third kappa shape index (κ3) is 4.20. The highest BCUT2D eigenvalue weighted by Crippen LogP contribution is 2.34. The molecule has 2 aromatic rings. The van der Waals surface area contributed by atoms with Crippen molar-refractivity contribution in [3.8, 4) is 16.9 Å². The third-order valence-electron chi connectivity index (χ3n) is 4.93. The standard InChI is InChI=1S/C22H25F2O/c1-2-3-15-25-20-14-13-19(21(23)22(20)24)18-11-9-17(10-12-18)16-7-5-4-6-8-16/h4,9-14,16H,2-3,5-8,15H2,1H3. The Bertz CT molecular complexity index is 688. The van der Waals surface area contributed by atoms with Crippen molar-refractivity contribution in [1.82, 2.24) is 0 Å². The minimum Gasteiger partial charge on any atom is -0.490 e. The van der Waals surface area contributed by atoms with E-state index in [1.54, 1.807) is 6.07 Å². The number of ether oxygens (including phenoxy) is 1. The van der Waals surface area contributed by atoms with Crippen LogP contribution in [0.25, 0.3) is 11.1 Å². The van der Waals surface area contributed by atoms with Crippen molar-refractivity contribution < 1.29 is 13.5 Å². The molecule has 1 radical (unpaired) electrons. The summed E-state index contributed by atoms with van der Waals surface area (Å²) in [6.07, 6.45) is 8.78. The van der Waals surface area contributed by atoms with E-state index < -0.39 is 11.6 Å². The normalized spacial score (nSPS) is 15.3. The van der Waals surface area contributed by atoms with Gasteiger partial charge in [-0.2, -0.15) is 4.39 Å². The van der Waals surface area contributed by atoms with Gasteiger partial charge in [0.1, 0.15) is 0 Å². The first-order valence-corrected chi connectivity index (χ1v) is 9.23. The minimum absolute atomic E-state index is 0.00947. The first-order chi connectivity index (χ1) is 12.2. The lowest BCUT2D eigenvalue weighted by Gasteiger charge is -2.22. The molecule has 0 heterocycles. The molecule has 0 N–H and O–H groups in total. The van der Waals surface area contributed by atoms with Crippen LogP contribution in [0.15, 0.2) is 36.4 Å². The summed E-state index contributed by atoms with van der Waals surface area (Å²) in [6.45, 7) is 2.43. The first kappa shape index (κ1) is 17.9. The number of halogens is 2. The highest BCUT2D eigenvalue weighted by molar-refractivity contribution is 5.65. The maximum Gasteiger partial charge on any atom is 0.201 e. The highest BCUT2D eigenvalue weighted by atomic mass is 19.2. The molecule has 0 saturated heterocycles. The van der Waals surface area contributed by atoms with Crippen LogP contribution in [-0.2, 0) is 0 Å². The van der Waals surface area contributed by atoms with Crippen molar-refractivity contribution in [1.29, 1.82) is 0 Å². The molecule has 0 unspecified atom stereocenters. The zero-order valence-electron chi connectivity index (χ0n) is 14.7. The largest absolute Gasteiger partial charge is 0.490 e. The van der Waals surface area contributed by atoms with E-state index in [9.17, 15) is 8.78 Å². The summed E-state index contributed by atoms with van der Waals surface area (Å²) < 4.78 is 34.0. The number of hydrogen-bond acceptors (Lipinski definition) is 1. The molecule has 2 aromatic carbocycles. The molecule has 1 saturated carbocycles. The van der Waals surface area contributed by atoms with Gasteiger partial charge in [-0.3, -0.25) is 0 Å². The summed E-state index contributed by atoms with van der Waals surface area (Å²) >= 11 is 0. The maximum atomic E-state index is 14.5. The molecule has 0 spiro atoms. The molecule has 3 rings (SSSR count). The number of hydrogen-bond donors (Lipinski definition) is 0. The van der Waals surface area contributed by atoms with Crippen LogP contribution in [-0.4, -0.2) is 6.61 Å². The molecule has 0 aliphatic heterocycles. The smallest absolute Gasteiger partial charge is 0.201 e. The van der Waals surface area contributed by atoms with E-state index in [0.717, 1.165) is 25.7 Å². The second-order valence-electron chi connectivity index (χ2n) is 6.70. The third-order valence-corrected chi connectivity index (χ3v) is 4.93. The molecule has 1 nitrogen and oxygen atoms in total. The van der Waals surface area contributed by atoms with Crippen LogP contribution in [0.4, 0.5) is 8.78 Å². The molecule has 0 amide bonds. The number of benzene rings is 2. The van der Waals surface area contributed by atoms with Gasteiger partial charge in [0, 0.05) is 5.56 Å². The Morgan fingerprint density at radius 2 is 1.68 bits per heavy atom. The SMILES string of the molecule is CCCCOc1ccc(-c2ccc(C3CC[CH]CC3)cc2)c(F)c1F. The van der Waals surface area contributed by atoms with Gasteiger partial charge in [-0.15, -0.1) is 0 Å². The van der Waals surface area contributed by atoms with E-state index in [1.807, 2.05) is 31.2 Å². The molecule has 0 bridgehead atoms. The Kier molecular flexibility index (Phi) is 6.06. The lowest BCUT2D eigenvalue weighted by molar-refractivity contribution is 0.289. The van der Waals surface area contributed by atoms with Crippen molar-refractivity contribution in [2.75, 3.05) is 6.61 Å². The van der Waals surface area contributed by atoms with Crippen molar-refractivity contribution in [2.24, 2.45) is 0 Å². The summed E-state index contributed by atoms with van der Waals surface area (Å²) in [5, 5.41) is 0. The molecular weight excluding hydrogens is 318 g/mol. The maximum absolute atomic E-state index is 14.5. The zero-order chi connectivity index (χ0) is 17.6. The van der Waals surface area contributed by atoms with Crippen LogP contribution in [0.2, 0.25) is 0 Å². The molecule has 25 heavy (non-hydrogen) atoms. The van der Waals surface area contributed by atoms with E-state index in [0.29, 0.717) is 18.1 Å². The van der Waals surface area contributed by atoms with Crippen molar-refractivity contribution in [2.45, 2.75) is 51.4 Å². The fraction of sp³-hybridized carbons (Fsp3) is 0.409. The van der Waals surface area contributed by atoms with E-state index in [4.69, 9.17) is 4.74 Å². The van der Waals surface area contributed by atoms with Crippen LogP contribution in [0.5, 0.6) is 5.75 Å². The van der Waals surface area contributed by atoms with Crippen LogP contribution in [0, 0.1) is 18.1 Å². The second-order valence-corrected chi connectivity index (χ2v) is 6.70. The van der Waals surface area contributed by atoms with Gasteiger partial charge in [-0.1, -0.05) is 37.6 Å². The summed E-state index contributed by atoms with van der Waals surface area (Å²) in [7, 11) is 0. The average Bonchev–Trinajstić information content (AvgIpc) is 2.66. The summed E-state index contributed by atoms with van der Waals surface area (Å²) in [6, 6.07) is 11.0. The number of rotatable bonds is 6. The van der Waals surface area contributed by atoms with Crippen LogP contribution >= 0.6 is 0 Å². The van der Waals surface area contributed by atoms with Crippen molar-refractivity contribution in [3.63, 3.8) is 0 Å². The first-order valence-electron chi connectivity index (χ1n) is 9.23.